The van der Waals surface area contributed by atoms with Crippen LogP contribution in [-0.2, 0) is 9.53 Å². The smallest absolute Gasteiger partial charge is 0.239 e. The molecule has 5 heteroatoms. The minimum atomic E-state index is -0.530. The van der Waals surface area contributed by atoms with E-state index in [1.807, 2.05) is 6.92 Å². The molecule has 0 aliphatic heterocycles. The van der Waals surface area contributed by atoms with Crippen molar-refractivity contribution in [3.05, 3.63) is 35.6 Å². The molecule has 0 saturated heterocycles. The van der Waals surface area contributed by atoms with Gasteiger partial charge in [-0.25, -0.2) is 4.39 Å². The van der Waals surface area contributed by atoms with Gasteiger partial charge in [0.15, 0.2) is 0 Å². The van der Waals surface area contributed by atoms with E-state index in [1.54, 1.807) is 31.2 Å². The van der Waals surface area contributed by atoms with Crippen molar-refractivity contribution in [1.82, 2.24) is 4.90 Å². The number of nitrogens with two attached hydrogens (primary N) is 1. The van der Waals surface area contributed by atoms with Crippen molar-refractivity contribution < 1.29 is 13.9 Å². The molecular weight excluding hydrogens is 259 g/mol. The quantitative estimate of drug-likeness (QED) is 0.779. The van der Waals surface area contributed by atoms with Crippen LogP contribution in [-0.4, -0.2) is 37.6 Å². The third kappa shape index (κ3) is 4.58. The van der Waals surface area contributed by atoms with Crippen LogP contribution in [0.15, 0.2) is 24.3 Å². The molecule has 112 valence electrons. The highest BCUT2D eigenvalue weighted by molar-refractivity contribution is 5.81. The van der Waals surface area contributed by atoms with Gasteiger partial charge in [0.05, 0.1) is 12.1 Å². The highest BCUT2D eigenvalue weighted by Crippen LogP contribution is 2.20. The van der Waals surface area contributed by atoms with Crippen LogP contribution >= 0.6 is 0 Å². The number of amides is 1. The molecular formula is C15H23FN2O2. The predicted octanol–water partition coefficient (Wildman–Crippen LogP) is 2.10. The highest BCUT2D eigenvalue weighted by atomic mass is 19.1. The number of carbonyl (C=O) groups excluding carboxylic acids is 1. The van der Waals surface area contributed by atoms with E-state index in [2.05, 4.69) is 0 Å². The Bertz CT molecular complexity index is 422. The number of hydrogen-bond donors (Lipinski definition) is 1. The molecule has 0 aliphatic rings. The molecule has 20 heavy (non-hydrogen) atoms. The topological polar surface area (TPSA) is 55.6 Å². The first-order chi connectivity index (χ1) is 9.47. The average molecular weight is 282 g/mol. The van der Waals surface area contributed by atoms with Gasteiger partial charge in [0.2, 0.25) is 5.91 Å². The van der Waals surface area contributed by atoms with E-state index in [9.17, 15) is 9.18 Å². The number of ether oxygens (including phenoxy) is 1. The van der Waals surface area contributed by atoms with E-state index in [4.69, 9.17) is 10.5 Å². The summed E-state index contributed by atoms with van der Waals surface area (Å²) in [6.45, 7) is 2.49. The van der Waals surface area contributed by atoms with Crippen molar-refractivity contribution in [2.45, 2.75) is 31.8 Å². The van der Waals surface area contributed by atoms with Crippen LogP contribution in [0.3, 0.4) is 0 Å². The van der Waals surface area contributed by atoms with Crippen LogP contribution in [0.2, 0.25) is 0 Å². The van der Waals surface area contributed by atoms with Crippen molar-refractivity contribution >= 4 is 5.91 Å². The summed E-state index contributed by atoms with van der Waals surface area (Å²) in [5.74, 6) is -0.399. The van der Waals surface area contributed by atoms with Crippen molar-refractivity contribution in [1.29, 1.82) is 0 Å². The van der Waals surface area contributed by atoms with Crippen LogP contribution < -0.4 is 5.73 Å². The van der Waals surface area contributed by atoms with Crippen molar-refractivity contribution in [2.24, 2.45) is 5.73 Å². The summed E-state index contributed by atoms with van der Waals surface area (Å²) in [7, 11) is 3.34. The number of hydrogen-bond acceptors (Lipinski definition) is 3. The third-order valence-corrected chi connectivity index (χ3v) is 3.46. The van der Waals surface area contributed by atoms with E-state index in [0.29, 0.717) is 13.0 Å². The fourth-order valence-corrected chi connectivity index (χ4v) is 1.99. The summed E-state index contributed by atoms with van der Waals surface area (Å²) in [4.78, 5) is 13.8. The van der Waals surface area contributed by atoms with Crippen LogP contribution in [0.5, 0.6) is 0 Å². The summed E-state index contributed by atoms with van der Waals surface area (Å²) in [5.41, 5.74) is 6.77. The van der Waals surface area contributed by atoms with Gasteiger partial charge >= 0.3 is 0 Å². The Hall–Kier alpha value is -1.46. The van der Waals surface area contributed by atoms with E-state index in [1.165, 1.54) is 12.1 Å². The lowest BCUT2D eigenvalue weighted by molar-refractivity contribution is -0.133. The number of carbonyl (C=O) groups is 1. The lowest BCUT2D eigenvalue weighted by Crippen LogP contribution is -2.42. The number of nitrogens with zero attached hydrogens (tertiary/aromatic N) is 1. The molecule has 0 radical (unpaired) electrons. The van der Waals surface area contributed by atoms with Gasteiger partial charge in [0.1, 0.15) is 5.82 Å². The standard InChI is InChI=1S/C15H23FN2O2/c1-11(12-6-8-13(16)9-7-12)18(2)15(19)14(17)5-4-10-20-3/h6-9,11,14H,4-5,10,17H2,1-3H3. The van der Waals surface area contributed by atoms with E-state index in [0.717, 1.165) is 12.0 Å². The van der Waals surface area contributed by atoms with E-state index < -0.39 is 6.04 Å². The van der Waals surface area contributed by atoms with Gasteiger partial charge in [-0.3, -0.25) is 4.79 Å². The molecule has 2 unspecified atom stereocenters. The molecule has 0 heterocycles. The van der Waals surface area contributed by atoms with Crippen LogP contribution in [0, 0.1) is 5.82 Å². The van der Waals surface area contributed by atoms with Crippen molar-refractivity contribution in [3.8, 4) is 0 Å². The average Bonchev–Trinajstić information content (AvgIpc) is 2.46. The maximum atomic E-state index is 12.9. The Morgan fingerprint density at radius 2 is 2.00 bits per heavy atom. The molecule has 1 aromatic rings. The Morgan fingerprint density at radius 3 is 2.55 bits per heavy atom. The molecule has 0 bridgehead atoms. The summed E-state index contributed by atoms with van der Waals surface area (Å²) in [5, 5.41) is 0. The normalized spacial score (nSPS) is 13.8. The predicted molar refractivity (Wildman–Crippen MR) is 76.7 cm³/mol. The molecule has 4 nitrogen and oxygen atoms in total. The molecule has 0 fully saturated rings. The van der Waals surface area contributed by atoms with Gasteiger partial charge in [-0.2, -0.15) is 0 Å². The molecule has 1 amide bonds. The lowest BCUT2D eigenvalue weighted by Gasteiger charge is -2.28. The highest BCUT2D eigenvalue weighted by Gasteiger charge is 2.22. The Labute approximate surface area is 119 Å². The monoisotopic (exact) mass is 282 g/mol. The summed E-state index contributed by atoms with van der Waals surface area (Å²) >= 11 is 0. The molecule has 0 spiro atoms. The SMILES string of the molecule is COCCCC(N)C(=O)N(C)C(C)c1ccc(F)cc1. The molecule has 2 N–H and O–H groups in total. The second-order valence-corrected chi connectivity index (χ2v) is 4.92. The minimum Gasteiger partial charge on any atom is -0.385 e. The molecule has 2 atom stereocenters. The number of methoxy groups -OCH3 is 1. The van der Waals surface area contributed by atoms with E-state index in [-0.39, 0.29) is 17.8 Å². The third-order valence-electron chi connectivity index (χ3n) is 3.46. The zero-order chi connectivity index (χ0) is 15.1. The van der Waals surface area contributed by atoms with Gasteiger partial charge in [-0.1, -0.05) is 12.1 Å². The fraction of sp³-hybridized carbons (Fsp3) is 0.533. The first-order valence-corrected chi connectivity index (χ1v) is 6.74. The zero-order valence-corrected chi connectivity index (χ0v) is 12.3. The second-order valence-electron chi connectivity index (χ2n) is 4.92. The van der Waals surface area contributed by atoms with Gasteiger partial charge < -0.3 is 15.4 Å². The maximum Gasteiger partial charge on any atom is 0.239 e. The fourth-order valence-electron chi connectivity index (χ4n) is 1.99. The molecule has 1 aromatic carbocycles. The zero-order valence-electron chi connectivity index (χ0n) is 12.3. The summed E-state index contributed by atoms with van der Waals surface area (Å²) < 4.78 is 17.8. The van der Waals surface area contributed by atoms with Crippen LogP contribution in [0.25, 0.3) is 0 Å². The second kappa shape index (κ2) is 7.97. The first kappa shape index (κ1) is 16.6. The van der Waals surface area contributed by atoms with Crippen LogP contribution in [0.4, 0.5) is 4.39 Å². The molecule has 0 saturated carbocycles. The molecule has 0 aliphatic carbocycles. The Morgan fingerprint density at radius 1 is 1.40 bits per heavy atom. The maximum absolute atomic E-state index is 12.9. The Balaban J connectivity index is 2.61. The van der Waals surface area contributed by atoms with Gasteiger partial charge in [-0.15, -0.1) is 0 Å². The summed E-state index contributed by atoms with van der Waals surface area (Å²) in [6.07, 6.45) is 1.34. The minimum absolute atomic E-state index is 0.113. The van der Waals surface area contributed by atoms with Gasteiger partial charge in [0.25, 0.3) is 0 Å². The number of halogens is 1. The largest absolute Gasteiger partial charge is 0.385 e. The lowest BCUT2D eigenvalue weighted by atomic mass is 10.1. The number of benzene rings is 1. The summed E-state index contributed by atoms with van der Waals surface area (Å²) in [6, 6.07) is 5.47. The molecule has 0 aromatic heterocycles. The van der Waals surface area contributed by atoms with Gasteiger partial charge in [-0.05, 0) is 37.5 Å². The first-order valence-electron chi connectivity index (χ1n) is 6.74. The van der Waals surface area contributed by atoms with Crippen LogP contribution in [0.1, 0.15) is 31.4 Å². The van der Waals surface area contributed by atoms with Crippen molar-refractivity contribution in [2.75, 3.05) is 20.8 Å². The Kier molecular flexibility index (Phi) is 6.61. The number of likely N-dealkylation sites (N-methyl/N-ethyl adjacent to an activating group) is 1. The number of rotatable bonds is 7. The van der Waals surface area contributed by atoms with E-state index >= 15 is 0 Å². The van der Waals surface area contributed by atoms with Gasteiger partial charge in [0, 0.05) is 20.8 Å². The molecule has 1 rings (SSSR count). The van der Waals surface area contributed by atoms with Crippen molar-refractivity contribution in [3.63, 3.8) is 0 Å².